The van der Waals surface area contributed by atoms with Crippen molar-refractivity contribution < 1.29 is 14.3 Å². The van der Waals surface area contributed by atoms with Crippen molar-refractivity contribution in [1.82, 2.24) is 10.2 Å². The average Bonchev–Trinajstić information content (AvgIpc) is 3.09. The summed E-state index contributed by atoms with van der Waals surface area (Å²) in [6.45, 7) is 6.43. The highest BCUT2D eigenvalue weighted by Gasteiger charge is 2.31. The number of amides is 2. The zero-order valence-electron chi connectivity index (χ0n) is 12.6. The lowest BCUT2D eigenvalue weighted by atomic mass is 10.0. The number of likely N-dealkylation sites (tertiary alicyclic amines) is 1. The third kappa shape index (κ3) is 3.95. The Hall–Kier alpha value is -1.10. The van der Waals surface area contributed by atoms with E-state index in [1.54, 1.807) is 0 Å². The number of nitrogens with zero attached hydrogens (tertiary/aromatic N) is 1. The normalized spacial score (nSPS) is 24.1. The van der Waals surface area contributed by atoms with Gasteiger partial charge in [0.25, 0.3) is 0 Å². The van der Waals surface area contributed by atoms with Crippen molar-refractivity contribution in [2.24, 2.45) is 5.92 Å². The number of carbonyl (C=O) groups excluding carboxylic acids is 2. The Kier molecular flexibility index (Phi) is 5.40. The fourth-order valence-electron chi connectivity index (χ4n) is 2.90. The molecule has 0 saturated carbocycles. The first-order valence-corrected chi connectivity index (χ1v) is 7.78. The summed E-state index contributed by atoms with van der Waals surface area (Å²) in [6.07, 6.45) is 4.15. The molecule has 0 bridgehead atoms. The predicted molar refractivity (Wildman–Crippen MR) is 76.2 cm³/mol. The van der Waals surface area contributed by atoms with E-state index < -0.39 is 6.04 Å². The molecule has 2 fully saturated rings. The Balaban J connectivity index is 1.94. The van der Waals surface area contributed by atoms with Gasteiger partial charge in [-0.1, -0.05) is 13.8 Å². The summed E-state index contributed by atoms with van der Waals surface area (Å²) in [4.78, 5) is 26.5. The topological polar surface area (TPSA) is 58.6 Å². The van der Waals surface area contributed by atoms with Crippen molar-refractivity contribution >= 4 is 11.8 Å². The summed E-state index contributed by atoms with van der Waals surface area (Å²) in [5.41, 5.74) is 0. The molecule has 1 N–H and O–H groups in total. The molecule has 20 heavy (non-hydrogen) atoms. The quantitative estimate of drug-likeness (QED) is 0.827. The van der Waals surface area contributed by atoms with Crippen LogP contribution in [-0.2, 0) is 14.3 Å². The average molecular weight is 282 g/mol. The summed E-state index contributed by atoms with van der Waals surface area (Å²) in [5.74, 6) is 0.319. The van der Waals surface area contributed by atoms with Crippen LogP contribution in [0.4, 0.5) is 0 Å². The molecule has 0 aromatic heterocycles. The van der Waals surface area contributed by atoms with Gasteiger partial charge in [-0.15, -0.1) is 0 Å². The molecule has 2 aliphatic heterocycles. The molecule has 0 spiro atoms. The van der Waals surface area contributed by atoms with Crippen LogP contribution in [0, 0.1) is 5.92 Å². The maximum Gasteiger partial charge on any atom is 0.249 e. The van der Waals surface area contributed by atoms with Crippen LogP contribution in [0.25, 0.3) is 0 Å². The Labute approximate surface area is 121 Å². The third-order valence-electron chi connectivity index (χ3n) is 3.96. The van der Waals surface area contributed by atoms with Gasteiger partial charge in [-0.2, -0.15) is 0 Å². The predicted octanol–water partition coefficient (Wildman–Crippen LogP) is 1.32. The van der Waals surface area contributed by atoms with Crippen LogP contribution in [0.3, 0.4) is 0 Å². The van der Waals surface area contributed by atoms with Gasteiger partial charge in [0.2, 0.25) is 11.8 Å². The van der Waals surface area contributed by atoms with Gasteiger partial charge in [0.15, 0.2) is 0 Å². The summed E-state index contributed by atoms with van der Waals surface area (Å²) >= 11 is 0. The third-order valence-corrected chi connectivity index (χ3v) is 3.96. The first-order valence-electron chi connectivity index (χ1n) is 7.78. The maximum atomic E-state index is 12.5. The number of rotatable bonds is 5. The van der Waals surface area contributed by atoms with Crippen LogP contribution < -0.4 is 5.32 Å². The van der Waals surface area contributed by atoms with Crippen LogP contribution in [-0.4, -0.2) is 48.6 Å². The summed E-state index contributed by atoms with van der Waals surface area (Å²) in [7, 11) is 0. The molecule has 5 heteroatoms. The van der Waals surface area contributed by atoms with E-state index in [2.05, 4.69) is 19.2 Å². The van der Waals surface area contributed by atoms with E-state index >= 15 is 0 Å². The van der Waals surface area contributed by atoms with Crippen LogP contribution >= 0.6 is 0 Å². The highest BCUT2D eigenvalue weighted by Crippen LogP contribution is 2.16. The van der Waals surface area contributed by atoms with Gasteiger partial charge in [-0.25, -0.2) is 0 Å². The minimum atomic E-state index is -0.398. The van der Waals surface area contributed by atoms with Crippen molar-refractivity contribution in [3.8, 4) is 0 Å². The molecule has 5 nitrogen and oxygen atoms in total. The van der Waals surface area contributed by atoms with Crippen molar-refractivity contribution in [2.45, 2.75) is 58.1 Å². The van der Waals surface area contributed by atoms with Crippen molar-refractivity contribution in [3.05, 3.63) is 0 Å². The minimum absolute atomic E-state index is 0.0718. The zero-order valence-corrected chi connectivity index (χ0v) is 12.6. The highest BCUT2D eigenvalue weighted by molar-refractivity contribution is 5.89. The molecule has 1 unspecified atom stereocenters. The second-order valence-corrected chi connectivity index (χ2v) is 6.22. The van der Waals surface area contributed by atoms with Gasteiger partial charge in [-0.3, -0.25) is 9.59 Å². The molecule has 2 atom stereocenters. The largest absolute Gasteiger partial charge is 0.368 e. The highest BCUT2D eigenvalue weighted by atomic mass is 16.5. The van der Waals surface area contributed by atoms with Crippen LogP contribution in [0.2, 0.25) is 0 Å². The van der Waals surface area contributed by atoms with Crippen LogP contribution in [0.1, 0.15) is 46.0 Å². The van der Waals surface area contributed by atoms with Gasteiger partial charge in [0.05, 0.1) is 0 Å². The summed E-state index contributed by atoms with van der Waals surface area (Å²) < 4.78 is 5.39. The molecule has 0 radical (unpaired) electrons. The van der Waals surface area contributed by atoms with Crippen molar-refractivity contribution in [1.29, 1.82) is 0 Å². The lowest BCUT2D eigenvalue weighted by Crippen LogP contribution is -2.50. The monoisotopic (exact) mass is 282 g/mol. The van der Waals surface area contributed by atoms with Gasteiger partial charge in [0, 0.05) is 19.7 Å². The molecule has 2 rings (SSSR count). The van der Waals surface area contributed by atoms with Crippen molar-refractivity contribution in [2.75, 3.05) is 19.7 Å². The molecule has 2 saturated heterocycles. The standard InChI is InChI=1S/C15H26N2O3/c1-11(2)10-12(15(19)17-7-3-4-8-17)16-14(18)13-6-5-9-20-13/h11-13H,3-10H2,1-2H3,(H,16,18)/t12-,13?/m1/s1. The minimum Gasteiger partial charge on any atom is -0.368 e. The van der Waals surface area contributed by atoms with Crippen LogP contribution in [0.15, 0.2) is 0 Å². The van der Waals surface area contributed by atoms with E-state index in [0.29, 0.717) is 18.9 Å². The van der Waals surface area contributed by atoms with Gasteiger partial charge >= 0.3 is 0 Å². The smallest absolute Gasteiger partial charge is 0.249 e. The van der Waals surface area contributed by atoms with Gasteiger partial charge in [-0.05, 0) is 38.0 Å². The molecule has 2 heterocycles. The number of hydrogen-bond donors (Lipinski definition) is 1. The van der Waals surface area contributed by atoms with E-state index in [-0.39, 0.29) is 17.9 Å². The van der Waals surface area contributed by atoms with Crippen molar-refractivity contribution in [3.63, 3.8) is 0 Å². The maximum absolute atomic E-state index is 12.5. The molecule has 114 valence electrons. The number of nitrogens with one attached hydrogen (secondary N) is 1. The first-order chi connectivity index (χ1) is 9.58. The van der Waals surface area contributed by atoms with E-state index in [0.717, 1.165) is 38.8 Å². The van der Waals surface area contributed by atoms with Gasteiger partial charge in [0.1, 0.15) is 12.1 Å². The Bertz CT molecular complexity index is 345. The van der Waals surface area contributed by atoms with Gasteiger partial charge < -0.3 is 15.0 Å². The molecule has 2 aliphatic rings. The van der Waals surface area contributed by atoms with E-state index in [1.807, 2.05) is 4.90 Å². The lowest BCUT2D eigenvalue weighted by molar-refractivity contribution is -0.139. The first kappa shape index (κ1) is 15.3. The second kappa shape index (κ2) is 7.07. The Morgan fingerprint density at radius 2 is 1.95 bits per heavy atom. The molecule has 2 amide bonds. The van der Waals surface area contributed by atoms with E-state index in [9.17, 15) is 9.59 Å². The summed E-state index contributed by atoms with van der Waals surface area (Å²) in [6, 6.07) is -0.398. The number of carbonyl (C=O) groups is 2. The molecule has 0 aromatic carbocycles. The Morgan fingerprint density at radius 1 is 1.25 bits per heavy atom. The SMILES string of the molecule is CC(C)C[C@@H](NC(=O)C1CCCO1)C(=O)N1CCCC1. The molecule has 0 aliphatic carbocycles. The lowest BCUT2D eigenvalue weighted by Gasteiger charge is -2.26. The number of ether oxygens (including phenoxy) is 1. The molecular weight excluding hydrogens is 256 g/mol. The van der Waals surface area contributed by atoms with E-state index in [4.69, 9.17) is 4.74 Å². The fraction of sp³-hybridized carbons (Fsp3) is 0.867. The fourth-order valence-corrected chi connectivity index (χ4v) is 2.90. The van der Waals surface area contributed by atoms with E-state index in [1.165, 1.54) is 0 Å². The second-order valence-electron chi connectivity index (χ2n) is 6.22. The summed E-state index contributed by atoms with van der Waals surface area (Å²) in [5, 5.41) is 2.91. The van der Waals surface area contributed by atoms with Crippen LogP contribution in [0.5, 0.6) is 0 Å². The number of hydrogen-bond acceptors (Lipinski definition) is 3. The molecular formula is C15H26N2O3. The zero-order chi connectivity index (χ0) is 14.5. The Morgan fingerprint density at radius 3 is 2.50 bits per heavy atom. The molecule has 0 aromatic rings.